The highest BCUT2D eigenvalue weighted by Gasteiger charge is 2.37. The third-order valence-electron chi connectivity index (χ3n) is 4.32. The maximum atomic E-state index is 11.8. The Morgan fingerprint density at radius 2 is 1.67 bits per heavy atom. The molecule has 2 rings (SSSR count). The van der Waals surface area contributed by atoms with E-state index in [-0.39, 0.29) is 16.7 Å². The molecule has 0 saturated heterocycles. The summed E-state index contributed by atoms with van der Waals surface area (Å²) in [4.78, 5) is 11.8. The normalized spacial score (nSPS) is 20.3. The molecule has 1 aromatic rings. The summed E-state index contributed by atoms with van der Waals surface area (Å²) in [5.74, 6) is 0.0111. The van der Waals surface area contributed by atoms with Gasteiger partial charge in [0, 0.05) is 0 Å². The van der Waals surface area contributed by atoms with Crippen LogP contribution in [0.15, 0.2) is 18.2 Å². The van der Waals surface area contributed by atoms with E-state index in [2.05, 4.69) is 46.9 Å². The summed E-state index contributed by atoms with van der Waals surface area (Å²) in [5.41, 5.74) is 3.84. The first-order valence-electron chi connectivity index (χ1n) is 6.60. The van der Waals surface area contributed by atoms with Gasteiger partial charge in [-0.1, -0.05) is 33.8 Å². The van der Waals surface area contributed by atoms with Crippen LogP contribution in [0.25, 0.3) is 0 Å². The molecule has 1 aliphatic rings. The van der Waals surface area contributed by atoms with Crippen LogP contribution in [0.5, 0.6) is 0 Å². The summed E-state index contributed by atoms with van der Waals surface area (Å²) in [7, 11) is 3.56. The highest BCUT2D eigenvalue weighted by atomic mass is 16.1. The molecule has 18 heavy (non-hydrogen) atoms. The topological polar surface area (TPSA) is 33.7 Å². The highest BCUT2D eigenvalue weighted by molar-refractivity contribution is 5.87. The van der Waals surface area contributed by atoms with Gasteiger partial charge in [0.2, 0.25) is 0 Å². The lowest BCUT2D eigenvalue weighted by Crippen LogP contribution is -2.81. The molecule has 0 fully saturated rings. The van der Waals surface area contributed by atoms with Gasteiger partial charge in [0.05, 0.1) is 5.56 Å². The van der Waals surface area contributed by atoms with Crippen LogP contribution in [0.4, 0.5) is 0 Å². The fraction of sp³-hybridized carbons (Fsp3) is 0.500. The first kappa shape index (κ1) is 13.3. The minimum atomic E-state index is 0.0111. The second-order valence-corrected chi connectivity index (χ2v) is 6.60. The fourth-order valence-electron chi connectivity index (χ4n) is 2.86. The average molecular weight is 245 g/mol. The van der Waals surface area contributed by atoms with E-state index in [1.807, 2.05) is 6.07 Å². The Morgan fingerprint density at radius 1 is 1.11 bits per heavy atom. The molecule has 0 atom stereocenters. The molecule has 2 nitrogen and oxygen atoms in total. The summed E-state index contributed by atoms with van der Waals surface area (Å²) >= 11 is 0. The largest absolute Gasteiger partial charge is 0.411 e. The van der Waals surface area contributed by atoms with Gasteiger partial charge in [0.15, 0.2) is 0 Å². The van der Waals surface area contributed by atoms with Gasteiger partial charge in [-0.15, -0.1) is 7.05 Å². The molecule has 0 heterocycles. The summed E-state index contributed by atoms with van der Waals surface area (Å²) in [5, 5.41) is 1.39. The van der Waals surface area contributed by atoms with Crippen molar-refractivity contribution in [3.05, 3.63) is 41.9 Å². The van der Waals surface area contributed by atoms with Crippen molar-refractivity contribution in [2.45, 2.75) is 51.4 Å². The molecule has 0 bridgehead atoms. The Hall–Kier alpha value is -1.15. The van der Waals surface area contributed by atoms with Crippen LogP contribution in [-0.2, 0) is 10.8 Å². The lowest BCUT2D eigenvalue weighted by Gasteiger charge is -2.41. The molecule has 0 aliphatic heterocycles. The number of primary amides is 1. The van der Waals surface area contributed by atoms with Crippen molar-refractivity contribution in [3.63, 3.8) is 0 Å². The molecule has 98 valence electrons. The van der Waals surface area contributed by atoms with E-state index in [1.165, 1.54) is 29.3 Å². The van der Waals surface area contributed by atoms with Crippen LogP contribution >= 0.6 is 0 Å². The van der Waals surface area contributed by atoms with Gasteiger partial charge in [0.25, 0.3) is 0 Å². The van der Waals surface area contributed by atoms with Gasteiger partial charge in [0.1, 0.15) is 0 Å². The minimum Gasteiger partial charge on any atom is -0.411 e. The molecular formula is C16H23NO. The van der Waals surface area contributed by atoms with Crippen molar-refractivity contribution < 1.29 is 10.1 Å². The smallest absolute Gasteiger partial charge is 0.316 e. The van der Waals surface area contributed by atoms with Crippen molar-refractivity contribution >= 4 is 5.91 Å². The van der Waals surface area contributed by atoms with Crippen molar-refractivity contribution in [2.24, 2.45) is 0 Å². The van der Waals surface area contributed by atoms with E-state index in [0.29, 0.717) is 0 Å². The van der Waals surface area contributed by atoms with Crippen molar-refractivity contribution in [3.8, 4) is 0 Å². The van der Waals surface area contributed by atoms with Gasteiger partial charge in [-0.3, -0.25) is 0 Å². The number of hydrogen-bond acceptors (Lipinski definition) is 1. The second-order valence-electron chi connectivity index (χ2n) is 6.60. The Labute approximate surface area is 110 Å². The lowest BCUT2D eigenvalue weighted by atomic mass is 9.63. The predicted octanol–water partition coefficient (Wildman–Crippen LogP) is 2.53. The maximum absolute atomic E-state index is 11.8. The Bertz CT molecular complexity index is 486. The third-order valence-corrected chi connectivity index (χ3v) is 4.32. The predicted molar refractivity (Wildman–Crippen MR) is 73.3 cm³/mol. The third kappa shape index (κ3) is 2.10. The van der Waals surface area contributed by atoms with Crippen molar-refractivity contribution in [1.82, 2.24) is 0 Å². The van der Waals surface area contributed by atoms with Crippen LogP contribution < -0.4 is 5.32 Å². The fourth-order valence-corrected chi connectivity index (χ4v) is 2.86. The molecule has 2 heteroatoms. The summed E-state index contributed by atoms with van der Waals surface area (Å²) in [6.45, 7) is 9.11. The number of nitrogens with two attached hydrogens (primary N) is 1. The van der Waals surface area contributed by atoms with Crippen molar-refractivity contribution in [2.75, 3.05) is 0 Å². The molecule has 0 aromatic heterocycles. The van der Waals surface area contributed by atoms with Crippen molar-refractivity contribution in [1.29, 1.82) is 0 Å². The van der Waals surface area contributed by atoms with E-state index in [0.717, 1.165) is 5.56 Å². The summed E-state index contributed by atoms with van der Waals surface area (Å²) in [6, 6.07) is 6.14. The van der Waals surface area contributed by atoms with Crippen LogP contribution in [0.3, 0.4) is 0 Å². The molecular weight excluding hydrogens is 222 g/mol. The number of fused-ring (bicyclic) bond motifs is 1. The van der Waals surface area contributed by atoms with Crippen LogP contribution in [0.2, 0.25) is 0 Å². The zero-order valence-electron chi connectivity index (χ0n) is 11.8. The number of quaternary nitrogens is 1. The van der Waals surface area contributed by atoms with E-state index >= 15 is 0 Å². The van der Waals surface area contributed by atoms with E-state index < -0.39 is 0 Å². The monoisotopic (exact) mass is 245 g/mol. The number of rotatable bonds is 1. The highest BCUT2D eigenvalue weighted by Crippen LogP contribution is 2.45. The van der Waals surface area contributed by atoms with Gasteiger partial charge >= 0.3 is 5.91 Å². The summed E-state index contributed by atoms with van der Waals surface area (Å²) < 4.78 is 0. The number of amides is 1. The van der Waals surface area contributed by atoms with Gasteiger partial charge in [-0.25, -0.2) is 4.79 Å². The Morgan fingerprint density at radius 3 is 2.22 bits per heavy atom. The first-order valence-corrected chi connectivity index (χ1v) is 6.60. The van der Waals surface area contributed by atoms with Crippen LogP contribution in [0.1, 0.15) is 62.0 Å². The molecule has 1 amide bonds. The van der Waals surface area contributed by atoms with Gasteiger partial charge in [-0.05, 0) is 46.9 Å². The molecule has 0 unspecified atom stereocenters. The molecule has 0 radical (unpaired) electrons. The number of hydrogen-bond donors (Lipinski definition) is 1. The zero-order valence-corrected chi connectivity index (χ0v) is 11.8. The minimum absolute atomic E-state index is 0.0111. The van der Waals surface area contributed by atoms with E-state index in [4.69, 9.17) is 0 Å². The number of carbonyl (C=O) groups excluding carboxylic acids is 1. The Balaban J connectivity index is 2.58. The number of benzene rings is 1. The zero-order chi connectivity index (χ0) is 13.6. The molecule has 0 spiro atoms. The van der Waals surface area contributed by atoms with Crippen LogP contribution in [0, 0.1) is 7.05 Å². The molecule has 2 N–H and O–H groups in total. The maximum Gasteiger partial charge on any atom is 0.316 e. The molecule has 1 aliphatic carbocycles. The van der Waals surface area contributed by atoms with Gasteiger partial charge in [-0.2, -0.15) is 0 Å². The average Bonchev–Trinajstić information content (AvgIpc) is 2.34. The van der Waals surface area contributed by atoms with Crippen LogP contribution in [-0.4, -0.2) is 5.91 Å². The standard InChI is InChI=1S/C16H23NO/c1-15(2)8-9-16(3,4)13-10-11(14(18)17-5)6-7-12(13)15/h6-7,10H,5,8-9,17H2,1-4H3. The number of carbonyl (C=O) groups is 1. The summed E-state index contributed by atoms with van der Waals surface area (Å²) in [6.07, 6.45) is 2.36. The van der Waals surface area contributed by atoms with Gasteiger partial charge < -0.3 is 5.32 Å². The molecule has 0 saturated carbocycles. The van der Waals surface area contributed by atoms with E-state index in [9.17, 15) is 4.79 Å². The first-order chi connectivity index (χ1) is 8.28. The Kier molecular flexibility index (Phi) is 3.10. The quantitative estimate of drug-likeness (QED) is 0.758. The molecule has 1 aromatic carbocycles. The SMILES string of the molecule is [CH2-][NH2+]C(=O)c1ccc2c(c1)C(C)(C)CCC2(C)C. The van der Waals surface area contributed by atoms with E-state index in [1.54, 1.807) is 0 Å². The lowest BCUT2D eigenvalue weighted by molar-refractivity contribution is -0.489. The second kappa shape index (κ2) is 4.20.